The molecule has 29 heavy (non-hydrogen) atoms. The summed E-state index contributed by atoms with van der Waals surface area (Å²) in [7, 11) is 0. The summed E-state index contributed by atoms with van der Waals surface area (Å²) in [5, 5.41) is 2.46. The van der Waals surface area contributed by atoms with E-state index in [-0.39, 0.29) is 11.8 Å². The first-order valence-corrected chi connectivity index (χ1v) is 11.2. The second-order valence-corrected chi connectivity index (χ2v) is 8.63. The molecule has 0 N–H and O–H groups in total. The normalized spacial score (nSPS) is 17.8. The number of hydrogen-bond donors (Lipinski definition) is 0. The predicted octanol–water partition coefficient (Wildman–Crippen LogP) is 4.41. The number of piperazine rings is 1. The molecular formula is C25H32N2O2. The van der Waals surface area contributed by atoms with Gasteiger partial charge in [0.15, 0.2) is 0 Å². The third-order valence-corrected chi connectivity index (χ3v) is 6.67. The predicted molar refractivity (Wildman–Crippen MR) is 117 cm³/mol. The molecule has 1 aliphatic heterocycles. The number of rotatable bonds is 6. The fourth-order valence-electron chi connectivity index (χ4n) is 4.79. The van der Waals surface area contributed by atoms with E-state index < -0.39 is 0 Å². The quantitative estimate of drug-likeness (QED) is 0.730. The van der Waals surface area contributed by atoms with Crippen molar-refractivity contribution in [3.8, 4) is 0 Å². The number of nitrogens with zero attached hydrogens (tertiary/aromatic N) is 2. The third-order valence-electron chi connectivity index (χ3n) is 6.67. The summed E-state index contributed by atoms with van der Waals surface area (Å²) in [6.45, 7) is 2.72. The summed E-state index contributed by atoms with van der Waals surface area (Å²) < 4.78 is 0. The second kappa shape index (κ2) is 9.43. The molecule has 2 fully saturated rings. The molecule has 4 nitrogen and oxygen atoms in total. The zero-order chi connectivity index (χ0) is 20.1. The number of carbonyl (C=O) groups excluding carboxylic acids is 2. The van der Waals surface area contributed by atoms with E-state index in [2.05, 4.69) is 30.3 Å². The number of fused-ring (bicyclic) bond motifs is 1. The Labute approximate surface area is 173 Å². The Hall–Kier alpha value is -2.36. The minimum atomic E-state index is 0.205. The highest BCUT2D eigenvalue weighted by molar-refractivity contribution is 5.83. The molecule has 2 aromatic carbocycles. The molecule has 0 unspecified atom stereocenters. The molecular weight excluding hydrogens is 360 g/mol. The first-order chi connectivity index (χ1) is 14.2. The van der Waals surface area contributed by atoms with Crippen molar-refractivity contribution in [2.45, 2.75) is 51.4 Å². The maximum Gasteiger partial charge on any atom is 0.223 e. The molecule has 1 aliphatic carbocycles. The highest BCUT2D eigenvalue weighted by atomic mass is 16.2. The van der Waals surface area contributed by atoms with Crippen molar-refractivity contribution in [3.05, 3.63) is 48.0 Å². The minimum absolute atomic E-state index is 0.205. The highest BCUT2D eigenvalue weighted by Crippen LogP contribution is 2.28. The van der Waals surface area contributed by atoms with Gasteiger partial charge in [0.05, 0.1) is 0 Å². The van der Waals surface area contributed by atoms with Crippen LogP contribution in [0.25, 0.3) is 10.8 Å². The first-order valence-electron chi connectivity index (χ1n) is 11.2. The van der Waals surface area contributed by atoms with Crippen LogP contribution in [0.2, 0.25) is 0 Å². The van der Waals surface area contributed by atoms with Crippen molar-refractivity contribution >= 4 is 22.6 Å². The van der Waals surface area contributed by atoms with Gasteiger partial charge in [-0.3, -0.25) is 9.59 Å². The van der Waals surface area contributed by atoms with Gasteiger partial charge in [0.1, 0.15) is 0 Å². The van der Waals surface area contributed by atoms with Crippen LogP contribution in [0.1, 0.15) is 50.5 Å². The number of carbonyl (C=O) groups is 2. The van der Waals surface area contributed by atoms with Gasteiger partial charge in [0, 0.05) is 39.0 Å². The molecule has 1 heterocycles. The molecule has 4 heteroatoms. The number of amides is 2. The topological polar surface area (TPSA) is 40.6 Å². The summed E-state index contributed by atoms with van der Waals surface area (Å²) in [5.41, 5.74) is 1.21. The van der Waals surface area contributed by atoms with Crippen LogP contribution in [0, 0.1) is 5.92 Å². The Bertz CT molecular complexity index is 849. The van der Waals surface area contributed by atoms with Crippen LogP contribution in [0.5, 0.6) is 0 Å². The molecule has 0 bridgehead atoms. The van der Waals surface area contributed by atoms with E-state index in [0.29, 0.717) is 39.0 Å². The van der Waals surface area contributed by atoms with Crippen molar-refractivity contribution in [2.75, 3.05) is 26.2 Å². The fraction of sp³-hybridized carbons (Fsp3) is 0.520. The lowest BCUT2D eigenvalue weighted by Gasteiger charge is -2.35. The molecule has 154 valence electrons. The van der Waals surface area contributed by atoms with Crippen LogP contribution in [0.4, 0.5) is 0 Å². The standard InChI is InChI=1S/C25H32N2O2/c28-24(13-10-20-5-1-2-6-20)26-15-17-27(18-16-26)25(29)14-11-21-9-12-22-7-3-4-8-23(22)19-21/h3-4,7-9,12,19-20H,1-2,5-6,10-11,13-18H2. The van der Waals surface area contributed by atoms with Crippen LogP contribution in [-0.2, 0) is 16.0 Å². The Balaban J connectivity index is 1.20. The molecule has 0 aromatic heterocycles. The van der Waals surface area contributed by atoms with Crippen molar-refractivity contribution in [1.29, 1.82) is 0 Å². The van der Waals surface area contributed by atoms with Gasteiger partial charge in [-0.2, -0.15) is 0 Å². The zero-order valence-corrected chi connectivity index (χ0v) is 17.3. The highest BCUT2D eigenvalue weighted by Gasteiger charge is 2.25. The van der Waals surface area contributed by atoms with Crippen LogP contribution in [-0.4, -0.2) is 47.8 Å². The van der Waals surface area contributed by atoms with Gasteiger partial charge < -0.3 is 9.80 Å². The van der Waals surface area contributed by atoms with E-state index in [9.17, 15) is 9.59 Å². The minimum Gasteiger partial charge on any atom is -0.339 e. The average Bonchev–Trinajstić information content (AvgIpc) is 3.29. The first kappa shape index (κ1) is 19.9. The lowest BCUT2D eigenvalue weighted by Crippen LogP contribution is -2.50. The van der Waals surface area contributed by atoms with Gasteiger partial charge in [-0.1, -0.05) is 68.1 Å². The Morgan fingerprint density at radius 1 is 0.793 bits per heavy atom. The Morgan fingerprint density at radius 3 is 2.10 bits per heavy atom. The van der Waals surface area contributed by atoms with Crippen LogP contribution in [0.3, 0.4) is 0 Å². The van der Waals surface area contributed by atoms with E-state index in [1.54, 1.807) is 0 Å². The van der Waals surface area contributed by atoms with Crippen LogP contribution < -0.4 is 0 Å². The summed E-state index contributed by atoms with van der Waals surface area (Å²) >= 11 is 0. The number of aryl methyl sites for hydroxylation is 1. The fourth-order valence-corrected chi connectivity index (χ4v) is 4.79. The molecule has 2 amide bonds. The maximum absolute atomic E-state index is 12.6. The Morgan fingerprint density at radius 2 is 1.41 bits per heavy atom. The molecule has 0 atom stereocenters. The maximum atomic E-state index is 12.6. The smallest absolute Gasteiger partial charge is 0.223 e. The monoisotopic (exact) mass is 392 g/mol. The molecule has 1 saturated carbocycles. The largest absolute Gasteiger partial charge is 0.339 e. The van der Waals surface area contributed by atoms with Gasteiger partial charge in [-0.05, 0) is 35.1 Å². The summed E-state index contributed by atoms with van der Waals surface area (Å²) in [6, 6.07) is 14.8. The van der Waals surface area contributed by atoms with E-state index in [1.165, 1.54) is 42.0 Å². The van der Waals surface area contributed by atoms with Gasteiger partial charge >= 0.3 is 0 Å². The van der Waals surface area contributed by atoms with Gasteiger partial charge in [-0.25, -0.2) is 0 Å². The van der Waals surface area contributed by atoms with E-state index in [0.717, 1.165) is 18.8 Å². The summed E-state index contributed by atoms with van der Waals surface area (Å²) in [6.07, 6.45) is 8.29. The van der Waals surface area contributed by atoms with E-state index >= 15 is 0 Å². The average molecular weight is 393 g/mol. The van der Waals surface area contributed by atoms with Crippen molar-refractivity contribution < 1.29 is 9.59 Å². The third kappa shape index (κ3) is 5.17. The van der Waals surface area contributed by atoms with Crippen molar-refractivity contribution in [1.82, 2.24) is 9.80 Å². The van der Waals surface area contributed by atoms with Gasteiger partial charge in [0.25, 0.3) is 0 Å². The zero-order valence-electron chi connectivity index (χ0n) is 17.3. The molecule has 1 saturated heterocycles. The molecule has 2 aromatic rings. The summed E-state index contributed by atoms with van der Waals surface area (Å²) in [5.74, 6) is 1.24. The lowest BCUT2D eigenvalue weighted by atomic mass is 10.0. The molecule has 0 radical (unpaired) electrons. The number of hydrogen-bond acceptors (Lipinski definition) is 2. The van der Waals surface area contributed by atoms with Gasteiger partial charge in [0.2, 0.25) is 11.8 Å². The SMILES string of the molecule is O=C(CCc1ccc2ccccc2c1)N1CCN(C(=O)CCC2CCCC2)CC1. The number of benzene rings is 2. The molecule has 0 spiro atoms. The van der Waals surface area contributed by atoms with E-state index in [4.69, 9.17) is 0 Å². The molecule has 2 aliphatic rings. The molecule has 4 rings (SSSR count). The lowest BCUT2D eigenvalue weighted by molar-refractivity contribution is -0.139. The van der Waals surface area contributed by atoms with Gasteiger partial charge in [-0.15, -0.1) is 0 Å². The van der Waals surface area contributed by atoms with Crippen molar-refractivity contribution in [2.24, 2.45) is 5.92 Å². The van der Waals surface area contributed by atoms with Crippen LogP contribution in [0.15, 0.2) is 42.5 Å². The van der Waals surface area contributed by atoms with Crippen molar-refractivity contribution in [3.63, 3.8) is 0 Å². The van der Waals surface area contributed by atoms with E-state index in [1.807, 2.05) is 21.9 Å². The summed E-state index contributed by atoms with van der Waals surface area (Å²) in [4.78, 5) is 29.0. The van der Waals surface area contributed by atoms with Crippen LogP contribution >= 0.6 is 0 Å². The second-order valence-electron chi connectivity index (χ2n) is 8.63. The Kier molecular flexibility index (Phi) is 6.48.